The molecule has 1 heterocycles. The first-order valence-electron chi connectivity index (χ1n) is 9.18. The minimum atomic E-state index is -0.170. The summed E-state index contributed by atoms with van der Waals surface area (Å²) in [6.07, 6.45) is 3.08. The molecule has 0 unspecified atom stereocenters. The number of aryl methyl sites for hydroxylation is 1. The number of rotatable bonds is 7. The molecule has 0 aliphatic rings. The molecule has 0 fully saturated rings. The van der Waals surface area contributed by atoms with Gasteiger partial charge in [-0.05, 0) is 37.6 Å². The molecule has 2 aromatic carbocycles. The van der Waals surface area contributed by atoms with E-state index < -0.39 is 0 Å². The van der Waals surface area contributed by atoms with Gasteiger partial charge in [-0.2, -0.15) is 0 Å². The van der Waals surface area contributed by atoms with Crippen LogP contribution in [0.15, 0.2) is 60.9 Å². The second-order valence-electron chi connectivity index (χ2n) is 6.34. The number of carbonyl (C=O) groups excluding carboxylic acids is 1. The molecule has 0 aliphatic carbocycles. The summed E-state index contributed by atoms with van der Waals surface area (Å²) in [6, 6.07) is 15.6. The van der Waals surface area contributed by atoms with Crippen LogP contribution in [-0.4, -0.2) is 29.5 Å². The summed E-state index contributed by atoms with van der Waals surface area (Å²) >= 11 is 0. The Balaban J connectivity index is 1.70. The van der Waals surface area contributed by atoms with Gasteiger partial charge in [0.05, 0.1) is 19.5 Å². The lowest BCUT2D eigenvalue weighted by Crippen LogP contribution is -2.31. The number of nitrogens with zero attached hydrogens (tertiary/aromatic N) is 3. The van der Waals surface area contributed by atoms with Gasteiger partial charge in [0.25, 0.3) is 5.91 Å². The quantitative estimate of drug-likeness (QED) is 0.673. The maximum Gasteiger partial charge on any atom is 0.278 e. The monoisotopic (exact) mass is 376 g/mol. The van der Waals surface area contributed by atoms with E-state index in [1.54, 1.807) is 18.2 Å². The Morgan fingerprint density at radius 1 is 1.11 bits per heavy atom. The topological polar surface area (TPSA) is 67.4 Å². The van der Waals surface area contributed by atoms with Crippen LogP contribution in [0, 0.1) is 6.92 Å². The van der Waals surface area contributed by atoms with Gasteiger partial charge in [0.2, 0.25) is 0 Å². The highest BCUT2D eigenvalue weighted by molar-refractivity contribution is 6.04. The molecule has 3 rings (SSSR count). The zero-order chi connectivity index (χ0) is 19.9. The van der Waals surface area contributed by atoms with Crippen molar-refractivity contribution in [2.75, 3.05) is 23.9 Å². The Hall–Kier alpha value is -3.41. The molecule has 0 radical (unpaired) electrons. The molecule has 0 aliphatic heterocycles. The average molecular weight is 376 g/mol. The second-order valence-corrected chi connectivity index (χ2v) is 6.34. The number of para-hydroxylation sites is 1. The highest BCUT2D eigenvalue weighted by Crippen LogP contribution is 2.19. The third kappa shape index (κ3) is 4.46. The molecule has 3 aromatic rings. The fourth-order valence-electron chi connectivity index (χ4n) is 2.94. The highest BCUT2D eigenvalue weighted by Gasteiger charge is 2.18. The number of benzene rings is 2. The van der Waals surface area contributed by atoms with Gasteiger partial charge in [-0.25, -0.2) is 9.97 Å². The molecule has 1 aromatic heterocycles. The number of ether oxygens (including phenoxy) is 1. The Bertz CT molecular complexity index is 941. The zero-order valence-corrected chi connectivity index (χ0v) is 16.3. The molecular formula is C22H24N4O2. The minimum absolute atomic E-state index is 0.170. The van der Waals surface area contributed by atoms with Crippen LogP contribution in [0.1, 0.15) is 28.5 Å². The van der Waals surface area contributed by atoms with E-state index in [0.29, 0.717) is 24.6 Å². The third-order valence-electron chi connectivity index (χ3n) is 4.40. The van der Waals surface area contributed by atoms with Gasteiger partial charge in [-0.1, -0.05) is 30.3 Å². The van der Waals surface area contributed by atoms with Crippen LogP contribution in [0.5, 0.6) is 5.75 Å². The van der Waals surface area contributed by atoms with E-state index in [-0.39, 0.29) is 5.91 Å². The van der Waals surface area contributed by atoms with E-state index >= 15 is 0 Å². The van der Waals surface area contributed by atoms with Crippen LogP contribution < -0.4 is 15.0 Å². The van der Waals surface area contributed by atoms with Gasteiger partial charge in [0, 0.05) is 24.3 Å². The lowest BCUT2D eigenvalue weighted by Gasteiger charge is -2.21. The number of methoxy groups -OCH3 is 1. The van der Waals surface area contributed by atoms with Crippen LogP contribution >= 0.6 is 0 Å². The summed E-state index contributed by atoms with van der Waals surface area (Å²) in [5.41, 5.74) is 3.29. The molecule has 1 N–H and O–H groups in total. The van der Waals surface area contributed by atoms with Crippen molar-refractivity contribution in [1.29, 1.82) is 0 Å². The molecule has 0 spiro atoms. The third-order valence-corrected chi connectivity index (χ3v) is 4.40. The summed E-state index contributed by atoms with van der Waals surface area (Å²) < 4.78 is 5.35. The van der Waals surface area contributed by atoms with Crippen LogP contribution in [0.25, 0.3) is 0 Å². The molecule has 6 nitrogen and oxygen atoms in total. The van der Waals surface area contributed by atoms with E-state index in [2.05, 4.69) is 15.3 Å². The van der Waals surface area contributed by atoms with Gasteiger partial charge >= 0.3 is 0 Å². The van der Waals surface area contributed by atoms with Crippen molar-refractivity contribution in [2.45, 2.75) is 20.4 Å². The second kappa shape index (κ2) is 8.99. The molecule has 0 bridgehead atoms. The summed E-state index contributed by atoms with van der Waals surface area (Å²) in [6.45, 7) is 5.05. The molecule has 0 saturated carbocycles. The Kier molecular flexibility index (Phi) is 6.22. The number of hydrogen-bond acceptors (Lipinski definition) is 5. The molecule has 1 amide bonds. The van der Waals surface area contributed by atoms with Crippen molar-refractivity contribution < 1.29 is 9.53 Å². The van der Waals surface area contributed by atoms with Crippen molar-refractivity contribution >= 4 is 17.4 Å². The molecule has 0 atom stereocenters. The fourth-order valence-corrected chi connectivity index (χ4v) is 2.94. The summed E-state index contributed by atoms with van der Waals surface area (Å²) in [5.74, 6) is 1.24. The SMILES string of the molecule is CCN(C(=O)c1cnc(NCc2ccccc2OC)cn1)c1cccc(C)c1. The number of aromatic nitrogens is 2. The van der Waals surface area contributed by atoms with Crippen LogP contribution in [0.3, 0.4) is 0 Å². The number of hydrogen-bond donors (Lipinski definition) is 1. The first-order valence-corrected chi connectivity index (χ1v) is 9.18. The van der Waals surface area contributed by atoms with E-state index in [1.165, 1.54) is 6.20 Å². The first kappa shape index (κ1) is 19.4. The fraction of sp³-hybridized carbons (Fsp3) is 0.227. The number of anilines is 2. The van der Waals surface area contributed by atoms with Gasteiger partial charge in [-0.3, -0.25) is 4.79 Å². The van der Waals surface area contributed by atoms with Crippen molar-refractivity contribution in [2.24, 2.45) is 0 Å². The van der Waals surface area contributed by atoms with Gasteiger partial charge in [0.1, 0.15) is 17.3 Å². The minimum Gasteiger partial charge on any atom is -0.496 e. The Labute approximate surface area is 165 Å². The maximum absolute atomic E-state index is 12.8. The summed E-state index contributed by atoms with van der Waals surface area (Å²) in [5, 5.41) is 3.21. The average Bonchev–Trinajstić information content (AvgIpc) is 2.73. The van der Waals surface area contributed by atoms with Crippen molar-refractivity contribution in [3.05, 3.63) is 77.7 Å². The standard InChI is InChI=1S/C22H24N4O2/c1-4-26(18-10-7-8-16(2)12-18)22(27)19-14-25-21(15-23-19)24-13-17-9-5-6-11-20(17)28-3/h5-12,14-15H,4,13H2,1-3H3,(H,24,25). The van der Waals surface area contributed by atoms with E-state index in [4.69, 9.17) is 4.74 Å². The number of nitrogens with one attached hydrogen (secondary N) is 1. The van der Waals surface area contributed by atoms with Crippen LogP contribution in [0.4, 0.5) is 11.5 Å². The first-order chi connectivity index (χ1) is 13.6. The van der Waals surface area contributed by atoms with Gasteiger partial charge in [0.15, 0.2) is 0 Å². The molecule has 28 heavy (non-hydrogen) atoms. The maximum atomic E-state index is 12.8. The predicted octanol–water partition coefficient (Wildman–Crippen LogP) is 4.07. The van der Waals surface area contributed by atoms with Crippen molar-refractivity contribution in [3.63, 3.8) is 0 Å². The van der Waals surface area contributed by atoms with Crippen LogP contribution in [-0.2, 0) is 6.54 Å². The Morgan fingerprint density at radius 2 is 1.93 bits per heavy atom. The molecule has 144 valence electrons. The van der Waals surface area contributed by atoms with E-state index in [1.807, 2.05) is 62.4 Å². The zero-order valence-electron chi connectivity index (χ0n) is 16.3. The van der Waals surface area contributed by atoms with Crippen molar-refractivity contribution in [1.82, 2.24) is 9.97 Å². The Morgan fingerprint density at radius 3 is 2.61 bits per heavy atom. The normalized spacial score (nSPS) is 10.4. The van der Waals surface area contributed by atoms with Crippen LogP contribution in [0.2, 0.25) is 0 Å². The lowest BCUT2D eigenvalue weighted by molar-refractivity contribution is 0.0983. The van der Waals surface area contributed by atoms with Gasteiger partial charge in [-0.15, -0.1) is 0 Å². The number of carbonyl (C=O) groups is 1. The van der Waals surface area contributed by atoms with Crippen molar-refractivity contribution in [3.8, 4) is 5.75 Å². The smallest absolute Gasteiger partial charge is 0.278 e. The van der Waals surface area contributed by atoms with Gasteiger partial charge < -0.3 is 15.0 Å². The van der Waals surface area contributed by atoms with E-state index in [0.717, 1.165) is 22.6 Å². The lowest BCUT2D eigenvalue weighted by atomic mass is 10.2. The molecule has 6 heteroatoms. The summed E-state index contributed by atoms with van der Waals surface area (Å²) in [4.78, 5) is 23.2. The summed E-state index contributed by atoms with van der Waals surface area (Å²) in [7, 11) is 1.65. The highest BCUT2D eigenvalue weighted by atomic mass is 16.5. The largest absolute Gasteiger partial charge is 0.496 e. The predicted molar refractivity (Wildman–Crippen MR) is 111 cm³/mol. The molecular weight excluding hydrogens is 352 g/mol. The molecule has 0 saturated heterocycles. The van der Waals surface area contributed by atoms with E-state index in [9.17, 15) is 4.79 Å². The number of amides is 1.